The third kappa shape index (κ3) is 3.64. The Bertz CT molecular complexity index is 641. The summed E-state index contributed by atoms with van der Waals surface area (Å²) in [5.41, 5.74) is 1.04. The highest BCUT2D eigenvalue weighted by molar-refractivity contribution is 7.79. The van der Waals surface area contributed by atoms with Gasteiger partial charge in [-0.1, -0.05) is 11.6 Å². The second-order valence-electron chi connectivity index (χ2n) is 3.70. The summed E-state index contributed by atoms with van der Waals surface area (Å²) in [5, 5.41) is 10.3. The minimum atomic E-state index is -2.09. The lowest BCUT2D eigenvalue weighted by Crippen LogP contribution is -1.91. The molecule has 0 bridgehead atoms. The molecule has 0 saturated carbocycles. The highest BCUT2D eigenvalue weighted by Gasteiger charge is 2.04. The van der Waals surface area contributed by atoms with E-state index < -0.39 is 11.1 Å². The van der Waals surface area contributed by atoms with Crippen LogP contribution in [0.5, 0.6) is 5.75 Å². The number of hydrogen-bond donors (Lipinski definition) is 2. The van der Waals surface area contributed by atoms with Gasteiger partial charge in [-0.05, 0) is 42.5 Å². The van der Waals surface area contributed by atoms with Crippen LogP contribution < -0.4 is 0 Å². The van der Waals surface area contributed by atoms with Crippen LogP contribution >= 0.6 is 11.6 Å². The minimum Gasteiger partial charge on any atom is -0.507 e. The van der Waals surface area contributed by atoms with Gasteiger partial charge in [0.05, 0.1) is 10.6 Å². The Morgan fingerprint density at radius 2 is 1.84 bits per heavy atom. The molecule has 1 atom stereocenters. The molecule has 0 aliphatic rings. The summed E-state index contributed by atoms with van der Waals surface area (Å²) in [6.07, 6.45) is 1.43. The van der Waals surface area contributed by atoms with E-state index in [4.69, 9.17) is 16.2 Å². The van der Waals surface area contributed by atoms with Crippen molar-refractivity contribution in [3.63, 3.8) is 0 Å². The minimum absolute atomic E-state index is 0.00749. The Balaban J connectivity index is 2.29. The highest BCUT2D eigenvalue weighted by atomic mass is 35.5. The van der Waals surface area contributed by atoms with Gasteiger partial charge in [0.15, 0.2) is 11.1 Å². The molecular weight excluding hydrogens is 286 g/mol. The Hall–Kier alpha value is -1.69. The van der Waals surface area contributed by atoms with E-state index in [1.807, 2.05) is 0 Å². The molecule has 0 aliphatic heterocycles. The van der Waals surface area contributed by atoms with E-state index in [0.717, 1.165) is 0 Å². The lowest BCUT2D eigenvalue weighted by molar-refractivity contribution is 0.474. The summed E-state index contributed by atoms with van der Waals surface area (Å²) < 4.78 is 19.9. The Morgan fingerprint density at radius 1 is 1.16 bits per heavy atom. The average Bonchev–Trinajstić information content (AvgIpc) is 2.39. The maximum Gasteiger partial charge on any atom is 0.186 e. The molecule has 2 aromatic rings. The zero-order valence-corrected chi connectivity index (χ0v) is 11.2. The normalized spacial score (nSPS) is 12.7. The fourth-order valence-corrected chi connectivity index (χ4v) is 1.95. The molecule has 2 rings (SSSR count). The molecule has 2 N–H and O–H groups in total. The van der Waals surface area contributed by atoms with Crippen molar-refractivity contribution in [1.29, 1.82) is 0 Å². The number of phenolic OH excluding ortho intramolecular Hbond substituents is 1. The zero-order valence-electron chi connectivity index (χ0n) is 9.65. The summed E-state index contributed by atoms with van der Waals surface area (Å²) in [4.78, 5) is 4.36. The zero-order chi connectivity index (χ0) is 13.8. The summed E-state index contributed by atoms with van der Waals surface area (Å²) in [7, 11) is 0. The van der Waals surface area contributed by atoms with Crippen LogP contribution in [0.4, 0.5) is 5.69 Å². The molecular formula is C13H10ClNO3S. The van der Waals surface area contributed by atoms with Crippen LogP contribution in [0.1, 0.15) is 5.56 Å². The van der Waals surface area contributed by atoms with Gasteiger partial charge >= 0.3 is 0 Å². The lowest BCUT2D eigenvalue weighted by atomic mass is 10.2. The van der Waals surface area contributed by atoms with Crippen molar-refractivity contribution >= 4 is 34.6 Å². The molecule has 4 nitrogen and oxygen atoms in total. The molecule has 0 aromatic heterocycles. The van der Waals surface area contributed by atoms with E-state index in [0.29, 0.717) is 16.3 Å². The van der Waals surface area contributed by atoms with Crippen LogP contribution in [0.25, 0.3) is 0 Å². The number of aromatic hydroxyl groups is 1. The first-order valence-electron chi connectivity index (χ1n) is 5.30. The molecule has 19 heavy (non-hydrogen) atoms. The standard InChI is InChI=1S/C13H10ClNO3S/c14-10-1-3-11(4-2-10)15-8-9-7-12(19(17)18)5-6-13(9)16/h1-8,16H,(H,17,18). The Kier molecular flexibility index (Phi) is 4.31. The molecule has 2 aromatic carbocycles. The van der Waals surface area contributed by atoms with E-state index in [1.54, 1.807) is 24.3 Å². The molecule has 0 heterocycles. The highest BCUT2D eigenvalue weighted by Crippen LogP contribution is 2.20. The molecule has 0 spiro atoms. The second-order valence-corrected chi connectivity index (χ2v) is 5.11. The maximum absolute atomic E-state index is 10.9. The van der Waals surface area contributed by atoms with Gasteiger partial charge in [-0.2, -0.15) is 0 Å². The number of benzene rings is 2. The van der Waals surface area contributed by atoms with Crippen LogP contribution in [0.2, 0.25) is 5.02 Å². The average molecular weight is 296 g/mol. The molecule has 0 aliphatic carbocycles. The van der Waals surface area contributed by atoms with Crippen molar-refractivity contribution in [3.05, 3.63) is 53.1 Å². The van der Waals surface area contributed by atoms with Gasteiger partial charge in [-0.25, -0.2) is 4.21 Å². The fraction of sp³-hybridized carbons (Fsp3) is 0. The van der Waals surface area contributed by atoms with Gasteiger partial charge in [-0.15, -0.1) is 0 Å². The molecule has 0 radical (unpaired) electrons. The van der Waals surface area contributed by atoms with Gasteiger partial charge in [0.2, 0.25) is 0 Å². The van der Waals surface area contributed by atoms with Gasteiger partial charge in [0.1, 0.15) is 5.75 Å². The Morgan fingerprint density at radius 3 is 2.47 bits per heavy atom. The van der Waals surface area contributed by atoms with Crippen molar-refractivity contribution in [2.45, 2.75) is 4.90 Å². The van der Waals surface area contributed by atoms with Crippen molar-refractivity contribution in [2.75, 3.05) is 0 Å². The van der Waals surface area contributed by atoms with E-state index in [2.05, 4.69) is 4.99 Å². The summed E-state index contributed by atoms with van der Waals surface area (Å²) in [5.74, 6) is -0.00749. The topological polar surface area (TPSA) is 69.9 Å². The predicted octanol–water partition coefficient (Wildman–Crippen LogP) is 3.38. The maximum atomic E-state index is 10.9. The number of aliphatic imine (C=N–C) groups is 1. The van der Waals surface area contributed by atoms with Gasteiger partial charge in [0.25, 0.3) is 0 Å². The first-order chi connectivity index (χ1) is 9.06. The van der Waals surface area contributed by atoms with Gasteiger partial charge in [0, 0.05) is 16.8 Å². The number of hydrogen-bond acceptors (Lipinski definition) is 3. The van der Waals surface area contributed by atoms with Crippen LogP contribution in [-0.4, -0.2) is 20.1 Å². The summed E-state index contributed by atoms with van der Waals surface area (Å²) in [6.45, 7) is 0. The summed E-state index contributed by atoms with van der Waals surface area (Å²) in [6, 6.07) is 11.0. The molecule has 1 unspecified atom stereocenters. The quantitative estimate of drug-likeness (QED) is 0.673. The van der Waals surface area contributed by atoms with Crippen LogP contribution in [-0.2, 0) is 11.1 Å². The molecule has 0 amide bonds. The SMILES string of the molecule is O=S(O)c1ccc(O)c(C=Nc2ccc(Cl)cc2)c1. The smallest absolute Gasteiger partial charge is 0.186 e. The van der Waals surface area contributed by atoms with Crippen molar-refractivity contribution < 1.29 is 13.9 Å². The third-order valence-electron chi connectivity index (χ3n) is 2.38. The van der Waals surface area contributed by atoms with Crippen LogP contribution in [0, 0.1) is 0 Å². The number of rotatable bonds is 3. The van der Waals surface area contributed by atoms with Crippen LogP contribution in [0.15, 0.2) is 52.4 Å². The van der Waals surface area contributed by atoms with Gasteiger partial charge in [-0.3, -0.25) is 4.99 Å². The second kappa shape index (κ2) is 5.97. The first kappa shape index (κ1) is 13.7. The predicted molar refractivity (Wildman–Crippen MR) is 75.9 cm³/mol. The Labute approximate surface area is 117 Å². The van der Waals surface area contributed by atoms with Crippen molar-refractivity contribution in [1.82, 2.24) is 0 Å². The summed E-state index contributed by atoms with van der Waals surface area (Å²) >= 11 is 3.67. The van der Waals surface area contributed by atoms with Crippen molar-refractivity contribution in [3.8, 4) is 5.75 Å². The first-order valence-corrected chi connectivity index (χ1v) is 6.78. The fourth-order valence-electron chi connectivity index (χ4n) is 1.42. The van der Waals surface area contributed by atoms with Crippen molar-refractivity contribution in [2.24, 2.45) is 4.99 Å². The number of phenols is 1. The lowest BCUT2D eigenvalue weighted by Gasteiger charge is -2.01. The monoisotopic (exact) mass is 295 g/mol. The van der Waals surface area contributed by atoms with Crippen LogP contribution in [0.3, 0.4) is 0 Å². The molecule has 98 valence electrons. The van der Waals surface area contributed by atoms with Gasteiger partial charge < -0.3 is 9.66 Å². The largest absolute Gasteiger partial charge is 0.507 e. The third-order valence-corrected chi connectivity index (χ3v) is 3.29. The van der Waals surface area contributed by atoms with E-state index >= 15 is 0 Å². The number of halogens is 1. The van der Waals surface area contributed by atoms with E-state index in [9.17, 15) is 9.32 Å². The number of nitrogens with zero attached hydrogens (tertiary/aromatic N) is 1. The molecule has 0 fully saturated rings. The molecule has 0 saturated heterocycles. The van der Waals surface area contributed by atoms with E-state index in [-0.39, 0.29) is 10.6 Å². The molecule has 6 heteroatoms. The van der Waals surface area contributed by atoms with E-state index in [1.165, 1.54) is 24.4 Å².